The van der Waals surface area contributed by atoms with E-state index in [4.69, 9.17) is 9.47 Å². The Morgan fingerprint density at radius 2 is 1.16 bits per heavy atom. The van der Waals surface area contributed by atoms with Crippen LogP contribution >= 0.6 is 0 Å². The molecule has 0 aromatic heterocycles. The molecule has 1 heterocycles. The largest absolute Gasteiger partial charge is 2.00 e. The number of nitrogens with zero attached hydrogens (tertiary/aromatic N) is 2. The van der Waals surface area contributed by atoms with Crippen molar-refractivity contribution in [2.24, 2.45) is 5.92 Å². The minimum absolute atomic E-state index is 0. The number of likely N-dealkylation sites (tertiary alicyclic amines) is 1. The zero-order chi connectivity index (χ0) is 40.6. The summed E-state index contributed by atoms with van der Waals surface area (Å²) in [5, 5.41) is 0. The summed E-state index contributed by atoms with van der Waals surface area (Å²) >= 11 is 0. The van der Waals surface area contributed by atoms with Crippen molar-refractivity contribution < 1.29 is 55.0 Å². The van der Waals surface area contributed by atoms with E-state index in [9.17, 15) is 14.4 Å². The quantitative estimate of drug-likeness (QED) is 0.0282. The number of ether oxygens (including phenoxy) is 2. The number of amides is 1. The van der Waals surface area contributed by atoms with E-state index in [1.165, 1.54) is 70.6 Å². The molecule has 1 fully saturated rings. The molecule has 318 valence electrons. The molecular weight excluding hydrogens is 923 g/mol. The Labute approximate surface area is 369 Å². The summed E-state index contributed by atoms with van der Waals surface area (Å²) in [6, 6.07) is 0.690. The molecular formula is C48H82N2O5U. The van der Waals surface area contributed by atoms with Crippen LogP contribution in [-0.2, 0) is 19.1 Å². The van der Waals surface area contributed by atoms with Crippen LogP contribution in [0.3, 0.4) is 0 Å². The maximum atomic E-state index is 12.2. The summed E-state index contributed by atoms with van der Waals surface area (Å²) < 4.78 is 10.6. The first-order chi connectivity index (χ1) is 26.8. The SMILES string of the molecule is CCCCC/C=C\C/C=C\CCCCCCC[C-]=O.[CH2-]C(COC(=O)CCCCCCC/C=C\C/C=C\C/C=C\CC)COC(=O)N(C)C1CN(C(C)C)C1.[U+2]. The molecule has 1 unspecified atom stereocenters. The fourth-order valence-electron chi connectivity index (χ4n) is 5.82. The number of allylic oxidation sites excluding steroid dienone is 10. The third-order valence-corrected chi connectivity index (χ3v) is 9.64. The fourth-order valence-corrected chi connectivity index (χ4v) is 5.82. The van der Waals surface area contributed by atoms with E-state index in [1.54, 1.807) is 11.9 Å². The zero-order valence-corrected chi connectivity index (χ0v) is 40.7. The molecule has 0 aromatic carbocycles. The Balaban J connectivity index is 0. The molecule has 7 nitrogen and oxygen atoms in total. The molecule has 1 aliphatic heterocycles. The van der Waals surface area contributed by atoms with Crippen LogP contribution in [0.5, 0.6) is 0 Å². The summed E-state index contributed by atoms with van der Waals surface area (Å²) in [4.78, 5) is 38.1. The van der Waals surface area contributed by atoms with Gasteiger partial charge < -0.3 is 26.1 Å². The van der Waals surface area contributed by atoms with Crippen molar-refractivity contribution in [1.82, 2.24) is 9.80 Å². The van der Waals surface area contributed by atoms with Crippen molar-refractivity contribution in [3.63, 3.8) is 0 Å². The van der Waals surface area contributed by atoms with Gasteiger partial charge in [0.2, 0.25) is 0 Å². The van der Waals surface area contributed by atoms with Crippen LogP contribution in [0.4, 0.5) is 4.79 Å². The number of carbonyl (C=O) groups is 2. The minimum Gasteiger partial charge on any atom is -0.542 e. The van der Waals surface area contributed by atoms with Crippen LogP contribution in [0.1, 0.15) is 169 Å². The summed E-state index contributed by atoms with van der Waals surface area (Å²) in [6.07, 6.45) is 48.3. The van der Waals surface area contributed by atoms with E-state index in [-0.39, 0.29) is 68.3 Å². The molecule has 1 saturated heterocycles. The van der Waals surface area contributed by atoms with Crippen molar-refractivity contribution in [2.45, 2.75) is 181 Å². The number of carbonyl (C=O) groups excluding carboxylic acids is 3. The van der Waals surface area contributed by atoms with Crippen LogP contribution < -0.4 is 0 Å². The molecule has 56 heavy (non-hydrogen) atoms. The van der Waals surface area contributed by atoms with Crippen molar-refractivity contribution in [2.75, 3.05) is 33.4 Å². The molecule has 0 N–H and O–H groups in total. The first-order valence-electron chi connectivity index (χ1n) is 22.0. The van der Waals surface area contributed by atoms with Gasteiger partial charge in [-0.3, -0.25) is 16.0 Å². The maximum absolute atomic E-state index is 12.2. The normalized spacial score (nSPS) is 14.1. The van der Waals surface area contributed by atoms with Gasteiger partial charge >= 0.3 is 43.2 Å². The summed E-state index contributed by atoms with van der Waals surface area (Å²) in [7, 11) is 1.77. The Morgan fingerprint density at radius 1 is 0.696 bits per heavy atom. The zero-order valence-electron chi connectivity index (χ0n) is 36.5. The summed E-state index contributed by atoms with van der Waals surface area (Å²) in [5.74, 6) is -0.460. The van der Waals surface area contributed by atoms with E-state index in [2.05, 4.69) is 100 Å². The predicted molar refractivity (Wildman–Crippen MR) is 234 cm³/mol. The van der Waals surface area contributed by atoms with Crippen molar-refractivity contribution in [1.29, 1.82) is 0 Å². The molecule has 1 rings (SSSR count). The van der Waals surface area contributed by atoms with Gasteiger partial charge in [0.05, 0.1) is 19.3 Å². The molecule has 8 heteroatoms. The summed E-state index contributed by atoms with van der Waals surface area (Å²) in [5.41, 5.74) is 0. The average Bonchev–Trinajstić information content (AvgIpc) is 3.15. The number of hydrogen-bond acceptors (Lipinski definition) is 6. The smallest absolute Gasteiger partial charge is 0.542 e. The predicted octanol–water partition coefficient (Wildman–Crippen LogP) is 12.6. The van der Waals surface area contributed by atoms with Gasteiger partial charge in [0, 0.05) is 32.6 Å². The number of esters is 1. The second-order valence-electron chi connectivity index (χ2n) is 15.2. The van der Waals surface area contributed by atoms with Gasteiger partial charge in [0.1, 0.15) is 0 Å². The molecule has 0 radical (unpaired) electrons. The fraction of sp³-hybridized carbons (Fsp3) is 0.708. The van der Waals surface area contributed by atoms with Gasteiger partial charge in [-0.25, -0.2) is 4.79 Å². The Bertz CT molecular complexity index is 1060. The van der Waals surface area contributed by atoms with Gasteiger partial charge in [-0.05, 0) is 84.5 Å². The number of unbranched alkanes of at least 4 members (excludes halogenated alkanes) is 14. The first-order valence-corrected chi connectivity index (χ1v) is 22.0. The molecule has 0 saturated carbocycles. The summed E-state index contributed by atoms with van der Waals surface area (Å²) in [6.45, 7) is 14.7. The topological polar surface area (TPSA) is 76.2 Å². The van der Waals surface area contributed by atoms with E-state index in [0.29, 0.717) is 18.9 Å². The van der Waals surface area contributed by atoms with Gasteiger partial charge in [0.15, 0.2) is 0 Å². The van der Waals surface area contributed by atoms with Crippen LogP contribution in [0, 0.1) is 44.0 Å². The molecule has 0 bridgehead atoms. The Morgan fingerprint density at radius 3 is 1.68 bits per heavy atom. The van der Waals surface area contributed by atoms with E-state index in [1.807, 2.05) is 6.29 Å². The second-order valence-corrected chi connectivity index (χ2v) is 15.2. The van der Waals surface area contributed by atoms with Crippen LogP contribution in [-0.4, -0.2) is 73.6 Å². The maximum Gasteiger partial charge on any atom is 2.00 e. The number of likely N-dealkylation sites (N-methyl/N-ethyl adjacent to an activating group) is 1. The second kappa shape index (κ2) is 42.7. The molecule has 1 aliphatic rings. The van der Waals surface area contributed by atoms with Gasteiger partial charge in [-0.2, -0.15) is 6.42 Å². The molecule has 0 spiro atoms. The van der Waals surface area contributed by atoms with Gasteiger partial charge in [-0.15, -0.1) is 0 Å². The van der Waals surface area contributed by atoms with Crippen molar-refractivity contribution >= 4 is 18.3 Å². The van der Waals surface area contributed by atoms with Crippen molar-refractivity contribution in [3.8, 4) is 0 Å². The minimum atomic E-state index is -0.342. The molecule has 0 aromatic rings. The monoisotopic (exact) mass is 1000 g/mol. The van der Waals surface area contributed by atoms with Gasteiger partial charge in [-0.1, -0.05) is 138 Å². The third kappa shape index (κ3) is 36.5. The molecule has 0 aliphatic carbocycles. The Kier molecular flexibility index (Phi) is 42.9. The molecule has 1 atom stereocenters. The molecule has 1 amide bonds. The van der Waals surface area contributed by atoms with E-state index < -0.39 is 0 Å². The standard InChI is InChI=1S/C30H51N2O4.C18H31O.U/c1-6-7-8-9-10-11-12-13-14-15-16-17-18-19-20-21-29(33)35-24-27(4)25-36-30(34)31(5)28-22-32(23-28)26(2)3;1-2-3-4-5-6-7-8-9-10-11-12-13-14-15-16-17-18-19;/h7-8,10-11,13-14,26-28H,4,6,9,12,15-25H2,1-3,5H3;6-7,9-10H,2-5,8,11-17H2,1H3;/q2*-1;+2/b8-7-,11-10-,14-13-;7-6-,10-9-;. The van der Waals surface area contributed by atoms with Gasteiger partial charge in [0.25, 0.3) is 0 Å². The van der Waals surface area contributed by atoms with Crippen LogP contribution in [0.2, 0.25) is 0 Å². The van der Waals surface area contributed by atoms with Crippen molar-refractivity contribution in [3.05, 3.63) is 67.7 Å². The van der Waals surface area contributed by atoms with Crippen LogP contribution in [0.15, 0.2) is 60.8 Å². The van der Waals surface area contributed by atoms with E-state index >= 15 is 0 Å². The number of rotatable bonds is 33. The first kappa shape index (κ1) is 56.2. The average molecular weight is 1010 g/mol. The van der Waals surface area contributed by atoms with Crippen LogP contribution in [0.25, 0.3) is 0 Å². The number of hydrogen-bond donors (Lipinski definition) is 0. The Hall–Kier alpha value is -1.88. The third-order valence-electron chi connectivity index (χ3n) is 9.64. The van der Waals surface area contributed by atoms with E-state index in [0.717, 1.165) is 70.9 Å².